The molecule has 1 unspecified atom stereocenters. The summed E-state index contributed by atoms with van der Waals surface area (Å²) in [4.78, 5) is 25.4. The van der Waals surface area contributed by atoms with Gasteiger partial charge in [-0.15, -0.1) is 0 Å². The molecule has 2 saturated heterocycles. The lowest BCUT2D eigenvalue weighted by Crippen LogP contribution is -2.42. The summed E-state index contributed by atoms with van der Waals surface area (Å²) in [5.74, 6) is 1.74. The Bertz CT molecular complexity index is 850. The second-order valence-corrected chi connectivity index (χ2v) is 9.40. The molecule has 0 bridgehead atoms. The molecule has 180 valence electrons. The van der Waals surface area contributed by atoms with Gasteiger partial charge in [0.2, 0.25) is 5.91 Å². The number of nitrogens with zero attached hydrogens (tertiary/aromatic N) is 3. The van der Waals surface area contributed by atoms with Crippen LogP contribution in [-0.2, 0) is 33.8 Å². The standard InChI is InChI=1S/C26H38N4O3/c1-2-3-9-25-27-14-23(28-25)16-29-17-24(33-20-22-7-5-4-6-8-22)18-30(26(31)19-29)15-21-10-12-32-13-11-21/h4-8,14,21,24H,2-3,9-13,15-20H2,1H3,(H,27,28). The third-order valence-corrected chi connectivity index (χ3v) is 6.59. The number of ether oxygens (including phenoxy) is 2. The van der Waals surface area contributed by atoms with Gasteiger partial charge >= 0.3 is 0 Å². The molecule has 0 spiro atoms. The van der Waals surface area contributed by atoms with Gasteiger partial charge in [0.25, 0.3) is 0 Å². The highest BCUT2D eigenvalue weighted by atomic mass is 16.5. The van der Waals surface area contributed by atoms with Crippen molar-refractivity contribution in [3.8, 4) is 0 Å². The molecule has 0 saturated carbocycles. The predicted molar refractivity (Wildman–Crippen MR) is 128 cm³/mol. The topological polar surface area (TPSA) is 70.7 Å². The summed E-state index contributed by atoms with van der Waals surface area (Å²) in [6.45, 7) is 7.61. The largest absolute Gasteiger partial charge is 0.381 e. The molecule has 0 radical (unpaired) electrons. The van der Waals surface area contributed by atoms with E-state index in [2.05, 4.69) is 33.9 Å². The Labute approximate surface area is 197 Å². The van der Waals surface area contributed by atoms with Crippen LogP contribution in [-0.4, -0.2) is 71.2 Å². The lowest BCUT2D eigenvalue weighted by atomic mass is 9.99. The zero-order valence-corrected chi connectivity index (χ0v) is 19.9. The van der Waals surface area contributed by atoms with Crippen LogP contribution in [0.4, 0.5) is 0 Å². The fraction of sp³-hybridized carbons (Fsp3) is 0.615. The first kappa shape index (κ1) is 23.9. The summed E-state index contributed by atoms with van der Waals surface area (Å²) in [7, 11) is 0. The Kier molecular flexibility index (Phi) is 8.92. The number of unbranched alkanes of at least 4 members (excludes halogenated alkanes) is 1. The lowest BCUT2D eigenvalue weighted by Gasteiger charge is -2.30. The second kappa shape index (κ2) is 12.3. The number of aryl methyl sites for hydroxylation is 1. The molecule has 1 atom stereocenters. The number of aromatic amines is 1. The molecule has 2 aromatic rings. The molecule has 2 aliphatic heterocycles. The first-order chi connectivity index (χ1) is 16.2. The minimum atomic E-state index is -0.0287. The van der Waals surface area contributed by atoms with E-state index in [0.717, 1.165) is 75.5 Å². The Morgan fingerprint density at radius 3 is 2.79 bits per heavy atom. The summed E-state index contributed by atoms with van der Waals surface area (Å²) >= 11 is 0. The van der Waals surface area contributed by atoms with Gasteiger partial charge in [0.1, 0.15) is 5.82 Å². The minimum Gasteiger partial charge on any atom is -0.381 e. The van der Waals surface area contributed by atoms with E-state index >= 15 is 0 Å². The van der Waals surface area contributed by atoms with Crippen LogP contribution in [0.1, 0.15) is 49.7 Å². The van der Waals surface area contributed by atoms with Gasteiger partial charge in [-0.3, -0.25) is 9.69 Å². The molecule has 3 heterocycles. The van der Waals surface area contributed by atoms with Gasteiger partial charge in [0.05, 0.1) is 19.3 Å². The van der Waals surface area contributed by atoms with E-state index in [-0.39, 0.29) is 12.0 Å². The molecule has 1 aromatic carbocycles. The number of carbonyl (C=O) groups excluding carboxylic acids is 1. The Morgan fingerprint density at radius 2 is 2.00 bits per heavy atom. The third kappa shape index (κ3) is 7.39. The number of benzene rings is 1. The molecule has 1 aromatic heterocycles. The molecule has 7 nitrogen and oxygen atoms in total. The van der Waals surface area contributed by atoms with Crippen molar-refractivity contribution in [3.05, 3.63) is 53.6 Å². The number of hydrogen-bond donors (Lipinski definition) is 1. The van der Waals surface area contributed by atoms with Crippen molar-refractivity contribution in [2.45, 2.75) is 58.3 Å². The van der Waals surface area contributed by atoms with Crippen molar-refractivity contribution < 1.29 is 14.3 Å². The smallest absolute Gasteiger partial charge is 0.236 e. The summed E-state index contributed by atoms with van der Waals surface area (Å²) in [5.41, 5.74) is 2.22. The van der Waals surface area contributed by atoms with Gasteiger partial charge < -0.3 is 19.4 Å². The predicted octanol–water partition coefficient (Wildman–Crippen LogP) is 3.41. The summed E-state index contributed by atoms with van der Waals surface area (Å²) in [6, 6.07) is 10.3. The van der Waals surface area contributed by atoms with E-state index in [4.69, 9.17) is 9.47 Å². The maximum absolute atomic E-state index is 13.2. The number of nitrogens with one attached hydrogen (secondary N) is 1. The highest BCUT2D eigenvalue weighted by molar-refractivity contribution is 5.78. The number of rotatable bonds is 10. The van der Waals surface area contributed by atoms with Gasteiger partial charge in [-0.05, 0) is 30.7 Å². The van der Waals surface area contributed by atoms with Crippen molar-refractivity contribution in [1.82, 2.24) is 19.8 Å². The quantitative estimate of drug-likeness (QED) is 0.596. The number of hydrogen-bond acceptors (Lipinski definition) is 5. The highest BCUT2D eigenvalue weighted by Gasteiger charge is 2.30. The molecule has 1 amide bonds. The SMILES string of the molecule is CCCCc1ncc(CN2CC(=O)N(CC3CCOCC3)CC(OCc3ccccc3)C2)[nH]1. The van der Waals surface area contributed by atoms with E-state index < -0.39 is 0 Å². The second-order valence-electron chi connectivity index (χ2n) is 9.40. The summed E-state index contributed by atoms with van der Waals surface area (Å²) in [5, 5.41) is 0. The average molecular weight is 455 g/mol. The number of aromatic nitrogens is 2. The fourth-order valence-corrected chi connectivity index (χ4v) is 4.68. The number of imidazole rings is 1. The van der Waals surface area contributed by atoms with E-state index in [1.165, 1.54) is 0 Å². The minimum absolute atomic E-state index is 0.0287. The van der Waals surface area contributed by atoms with Crippen LogP contribution < -0.4 is 0 Å². The van der Waals surface area contributed by atoms with E-state index in [9.17, 15) is 4.79 Å². The molecule has 2 aliphatic rings. The molecule has 4 rings (SSSR count). The fourth-order valence-electron chi connectivity index (χ4n) is 4.68. The zero-order chi connectivity index (χ0) is 22.9. The van der Waals surface area contributed by atoms with Gasteiger partial charge in [-0.25, -0.2) is 4.98 Å². The first-order valence-corrected chi connectivity index (χ1v) is 12.5. The third-order valence-electron chi connectivity index (χ3n) is 6.59. The molecular formula is C26H38N4O3. The van der Waals surface area contributed by atoms with Crippen LogP contribution in [0.25, 0.3) is 0 Å². The van der Waals surface area contributed by atoms with E-state index in [1.54, 1.807) is 0 Å². The number of carbonyl (C=O) groups is 1. The lowest BCUT2D eigenvalue weighted by molar-refractivity contribution is -0.133. The molecule has 2 fully saturated rings. The maximum Gasteiger partial charge on any atom is 0.236 e. The van der Waals surface area contributed by atoms with Crippen molar-refractivity contribution in [1.29, 1.82) is 0 Å². The Hall–Kier alpha value is -2.22. The monoisotopic (exact) mass is 454 g/mol. The van der Waals surface area contributed by atoms with Gasteiger partial charge in [0, 0.05) is 57.7 Å². The van der Waals surface area contributed by atoms with E-state index in [0.29, 0.717) is 32.2 Å². The van der Waals surface area contributed by atoms with Crippen molar-refractivity contribution >= 4 is 5.91 Å². The maximum atomic E-state index is 13.2. The average Bonchev–Trinajstić information content (AvgIpc) is 3.23. The van der Waals surface area contributed by atoms with Gasteiger partial charge in [-0.2, -0.15) is 0 Å². The van der Waals surface area contributed by atoms with Gasteiger partial charge in [-0.1, -0.05) is 43.7 Å². The Balaban J connectivity index is 1.41. The van der Waals surface area contributed by atoms with Crippen LogP contribution in [0.15, 0.2) is 36.5 Å². The van der Waals surface area contributed by atoms with Crippen molar-refractivity contribution in [2.24, 2.45) is 5.92 Å². The summed E-state index contributed by atoms with van der Waals surface area (Å²) in [6.07, 6.45) is 7.19. The van der Waals surface area contributed by atoms with Crippen molar-refractivity contribution in [2.75, 3.05) is 39.4 Å². The van der Waals surface area contributed by atoms with Gasteiger partial charge in [0.15, 0.2) is 0 Å². The van der Waals surface area contributed by atoms with Crippen molar-refractivity contribution in [3.63, 3.8) is 0 Å². The molecule has 1 N–H and O–H groups in total. The van der Waals surface area contributed by atoms with Crippen LogP contribution in [0.5, 0.6) is 0 Å². The molecule has 0 aliphatic carbocycles. The molecular weight excluding hydrogens is 416 g/mol. The van der Waals surface area contributed by atoms with Crippen LogP contribution in [0, 0.1) is 5.92 Å². The first-order valence-electron chi connectivity index (χ1n) is 12.5. The number of amides is 1. The van der Waals surface area contributed by atoms with Crippen LogP contribution in [0.3, 0.4) is 0 Å². The summed E-state index contributed by atoms with van der Waals surface area (Å²) < 4.78 is 11.9. The number of H-pyrrole nitrogens is 1. The molecule has 33 heavy (non-hydrogen) atoms. The van der Waals surface area contributed by atoms with Crippen LogP contribution in [0.2, 0.25) is 0 Å². The molecule has 7 heteroatoms. The van der Waals surface area contributed by atoms with Crippen LogP contribution >= 0.6 is 0 Å². The van der Waals surface area contributed by atoms with E-state index in [1.807, 2.05) is 29.3 Å². The highest BCUT2D eigenvalue weighted by Crippen LogP contribution is 2.20. The normalized spacial score (nSPS) is 20.8. The Morgan fingerprint density at radius 1 is 1.18 bits per heavy atom. The zero-order valence-electron chi connectivity index (χ0n) is 19.9.